The number of hydrogen-bond donors (Lipinski definition) is 0. The van der Waals surface area contributed by atoms with Crippen LogP contribution in [0.4, 0.5) is 0 Å². The van der Waals surface area contributed by atoms with Crippen LogP contribution in [-0.2, 0) is 0 Å². The highest BCUT2D eigenvalue weighted by Crippen LogP contribution is 2.24. The summed E-state index contributed by atoms with van der Waals surface area (Å²) in [5.74, 6) is -0.205. The van der Waals surface area contributed by atoms with Crippen LogP contribution in [0.2, 0.25) is 5.02 Å². The molecular weight excluding hydrogens is 416 g/mol. The normalized spacial score (nSPS) is 11.8. The maximum Gasteiger partial charge on any atom is 0.315 e. The van der Waals surface area contributed by atoms with Gasteiger partial charge < -0.3 is 4.42 Å². The molecule has 1 amide bonds. The number of fused-ring (bicyclic) bond motifs is 1. The van der Waals surface area contributed by atoms with Gasteiger partial charge in [-0.2, -0.15) is 4.99 Å². The second-order valence-corrected chi connectivity index (χ2v) is 7.92. The minimum atomic E-state index is -0.421. The van der Waals surface area contributed by atoms with Crippen molar-refractivity contribution in [2.45, 2.75) is 0 Å². The molecule has 0 atom stereocenters. The summed E-state index contributed by atoms with van der Waals surface area (Å²) in [5, 5.41) is 3.51. The van der Waals surface area contributed by atoms with Gasteiger partial charge >= 0.3 is 5.91 Å². The Morgan fingerprint density at radius 1 is 0.933 bits per heavy atom. The monoisotopic (exact) mass is 430 g/mol. The van der Waals surface area contributed by atoms with E-state index in [1.54, 1.807) is 6.07 Å². The summed E-state index contributed by atoms with van der Waals surface area (Å²) in [5.41, 5.74) is 3.51. The standard InChI is InChI=1S/C24H15ClN2O2S/c25-18-10-12-19(13-11-18)27-20(16-6-2-1-3-7-16)15-30-24(27)26-23(28)22-14-17-8-4-5-9-21(17)29-22/h1-15H. The summed E-state index contributed by atoms with van der Waals surface area (Å²) in [6.45, 7) is 0. The fourth-order valence-electron chi connectivity index (χ4n) is 3.27. The smallest absolute Gasteiger partial charge is 0.315 e. The van der Waals surface area contributed by atoms with Crippen LogP contribution in [0, 0.1) is 0 Å². The van der Waals surface area contributed by atoms with Crippen molar-refractivity contribution in [1.29, 1.82) is 0 Å². The second-order valence-electron chi connectivity index (χ2n) is 6.65. The molecule has 0 unspecified atom stereocenters. The van der Waals surface area contributed by atoms with Crippen molar-refractivity contribution >= 4 is 39.8 Å². The van der Waals surface area contributed by atoms with Gasteiger partial charge in [0.05, 0.1) is 5.69 Å². The number of amides is 1. The molecular formula is C24H15ClN2O2S. The minimum Gasteiger partial charge on any atom is -0.451 e. The molecule has 5 rings (SSSR count). The lowest BCUT2D eigenvalue weighted by atomic mass is 10.1. The van der Waals surface area contributed by atoms with Crippen molar-refractivity contribution in [3.05, 3.63) is 106 Å². The third-order valence-electron chi connectivity index (χ3n) is 4.70. The molecule has 30 heavy (non-hydrogen) atoms. The number of thiazole rings is 1. The zero-order chi connectivity index (χ0) is 20.5. The van der Waals surface area contributed by atoms with Crippen LogP contribution >= 0.6 is 22.9 Å². The van der Waals surface area contributed by atoms with Crippen molar-refractivity contribution < 1.29 is 9.21 Å². The maximum absolute atomic E-state index is 12.9. The number of para-hydroxylation sites is 1. The fourth-order valence-corrected chi connectivity index (χ4v) is 4.30. The number of halogens is 1. The molecule has 0 aliphatic heterocycles. The van der Waals surface area contributed by atoms with Gasteiger partial charge in [0.15, 0.2) is 10.6 Å². The summed E-state index contributed by atoms with van der Waals surface area (Å²) in [7, 11) is 0. The van der Waals surface area contributed by atoms with Crippen LogP contribution in [0.25, 0.3) is 27.9 Å². The van der Waals surface area contributed by atoms with Crippen LogP contribution in [0.1, 0.15) is 10.6 Å². The summed E-state index contributed by atoms with van der Waals surface area (Å²) in [6.07, 6.45) is 0. The van der Waals surface area contributed by atoms with E-state index < -0.39 is 5.91 Å². The molecule has 0 fully saturated rings. The zero-order valence-electron chi connectivity index (χ0n) is 15.7. The van der Waals surface area contributed by atoms with Crippen LogP contribution in [0.15, 0.2) is 99.7 Å². The predicted molar refractivity (Wildman–Crippen MR) is 120 cm³/mol. The summed E-state index contributed by atoms with van der Waals surface area (Å²) in [6, 6.07) is 26.7. The van der Waals surface area contributed by atoms with E-state index in [0.29, 0.717) is 15.4 Å². The van der Waals surface area contributed by atoms with Crippen LogP contribution in [0.5, 0.6) is 0 Å². The third kappa shape index (κ3) is 3.49. The van der Waals surface area contributed by atoms with Gasteiger partial charge in [-0.15, -0.1) is 11.3 Å². The first-order chi connectivity index (χ1) is 14.7. The lowest BCUT2D eigenvalue weighted by Gasteiger charge is -2.09. The molecule has 2 heterocycles. The Hall–Kier alpha value is -3.41. The van der Waals surface area contributed by atoms with Gasteiger partial charge in [-0.05, 0) is 42.0 Å². The van der Waals surface area contributed by atoms with E-state index in [1.165, 1.54) is 11.3 Å². The van der Waals surface area contributed by atoms with Gasteiger partial charge in [-0.3, -0.25) is 9.36 Å². The molecule has 0 aliphatic rings. The highest BCUT2D eigenvalue weighted by atomic mass is 35.5. The van der Waals surface area contributed by atoms with Crippen LogP contribution in [-0.4, -0.2) is 10.5 Å². The Balaban J connectivity index is 1.66. The summed E-state index contributed by atoms with van der Waals surface area (Å²) < 4.78 is 7.64. The number of rotatable bonds is 3. The highest BCUT2D eigenvalue weighted by molar-refractivity contribution is 7.07. The molecule has 0 aliphatic carbocycles. The lowest BCUT2D eigenvalue weighted by molar-refractivity contribution is 0.0974. The Morgan fingerprint density at radius 3 is 2.43 bits per heavy atom. The van der Waals surface area contributed by atoms with E-state index >= 15 is 0 Å². The first-order valence-electron chi connectivity index (χ1n) is 9.28. The number of hydrogen-bond acceptors (Lipinski definition) is 3. The minimum absolute atomic E-state index is 0.216. The van der Waals surface area contributed by atoms with Crippen LogP contribution in [0.3, 0.4) is 0 Å². The molecule has 0 spiro atoms. The molecule has 3 aromatic carbocycles. The largest absolute Gasteiger partial charge is 0.451 e. The van der Waals surface area contributed by atoms with Crippen molar-refractivity contribution in [1.82, 2.24) is 4.57 Å². The van der Waals surface area contributed by atoms with E-state index in [9.17, 15) is 4.79 Å². The molecule has 0 N–H and O–H groups in total. The summed E-state index contributed by atoms with van der Waals surface area (Å²) >= 11 is 7.48. The first kappa shape index (κ1) is 18.6. The van der Waals surface area contributed by atoms with Gasteiger partial charge in [0.25, 0.3) is 0 Å². The van der Waals surface area contributed by atoms with E-state index in [2.05, 4.69) is 4.99 Å². The molecule has 146 valence electrons. The Kier molecular flexibility index (Phi) is 4.83. The highest BCUT2D eigenvalue weighted by Gasteiger charge is 2.14. The molecule has 0 radical (unpaired) electrons. The molecule has 5 aromatic rings. The van der Waals surface area contributed by atoms with Crippen molar-refractivity contribution in [3.63, 3.8) is 0 Å². The average Bonchev–Trinajstić information content (AvgIpc) is 3.39. The number of nitrogens with zero attached hydrogens (tertiary/aromatic N) is 2. The Labute approximate surface area is 181 Å². The van der Waals surface area contributed by atoms with Crippen molar-refractivity contribution in [2.24, 2.45) is 4.99 Å². The number of benzene rings is 3. The summed E-state index contributed by atoms with van der Waals surface area (Å²) in [4.78, 5) is 17.8. The van der Waals surface area contributed by atoms with Crippen molar-refractivity contribution in [3.8, 4) is 16.9 Å². The van der Waals surface area contributed by atoms with Gasteiger partial charge in [0, 0.05) is 21.5 Å². The molecule has 4 nitrogen and oxygen atoms in total. The molecule has 2 aromatic heterocycles. The van der Waals surface area contributed by atoms with Gasteiger partial charge in [-0.25, -0.2) is 0 Å². The van der Waals surface area contributed by atoms with E-state index in [0.717, 1.165) is 22.3 Å². The fraction of sp³-hybridized carbons (Fsp3) is 0. The molecule has 0 saturated heterocycles. The zero-order valence-corrected chi connectivity index (χ0v) is 17.2. The van der Waals surface area contributed by atoms with E-state index in [-0.39, 0.29) is 5.76 Å². The predicted octanol–water partition coefficient (Wildman–Crippen LogP) is 6.35. The van der Waals surface area contributed by atoms with Gasteiger partial charge in [0.1, 0.15) is 5.58 Å². The van der Waals surface area contributed by atoms with Gasteiger partial charge in [-0.1, -0.05) is 60.1 Å². The molecule has 6 heteroatoms. The second kappa shape index (κ2) is 7.78. The number of carbonyl (C=O) groups excluding carboxylic acids is 1. The first-order valence-corrected chi connectivity index (χ1v) is 10.5. The topological polar surface area (TPSA) is 47.5 Å². The third-order valence-corrected chi connectivity index (χ3v) is 5.77. The average molecular weight is 431 g/mol. The Bertz CT molecular complexity index is 1380. The van der Waals surface area contributed by atoms with E-state index in [1.807, 2.05) is 88.8 Å². The molecule has 0 bridgehead atoms. The number of aromatic nitrogens is 1. The lowest BCUT2D eigenvalue weighted by Crippen LogP contribution is -2.16. The Morgan fingerprint density at radius 2 is 1.67 bits per heavy atom. The van der Waals surface area contributed by atoms with Gasteiger partial charge in [0.2, 0.25) is 0 Å². The molecule has 0 saturated carbocycles. The quantitative estimate of drug-likeness (QED) is 0.335. The SMILES string of the molecule is O=C(N=c1scc(-c2ccccc2)n1-c1ccc(Cl)cc1)c1cc2ccccc2o1. The maximum atomic E-state index is 12.9. The number of carbonyl (C=O) groups is 1. The number of furan rings is 1. The van der Waals surface area contributed by atoms with Crippen LogP contribution < -0.4 is 4.80 Å². The van der Waals surface area contributed by atoms with Crippen molar-refractivity contribution in [2.75, 3.05) is 0 Å². The van der Waals surface area contributed by atoms with E-state index in [4.69, 9.17) is 16.0 Å².